The Bertz CT molecular complexity index is 1500. The van der Waals surface area contributed by atoms with Gasteiger partial charge in [0.2, 0.25) is 0 Å². The van der Waals surface area contributed by atoms with Crippen molar-refractivity contribution in [1.82, 2.24) is 0 Å². The third-order valence-corrected chi connectivity index (χ3v) is 6.62. The van der Waals surface area contributed by atoms with Crippen molar-refractivity contribution in [3.05, 3.63) is 170 Å². The summed E-state index contributed by atoms with van der Waals surface area (Å²) in [7, 11) is 0. The lowest BCUT2D eigenvalue weighted by molar-refractivity contribution is 1.28. The number of para-hydroxylation sites is 4. The van der Waals surface area contributed by atoms with Gasteiger partial charge in [-0.05, 0) is 83.9 Å². The van der Waals surface area contributed by atoms with Crippen LogP contribution in [0.2, 0.25) is 0 Å². The van der Waals surface area contributed by atoms with Gasteiger partial charge in [-0.3, -0.25) is 0 Å². The van der Waals surface area contributed by atoms with Gasteiger partial charge in [0.05, 0.1) is 0 Å². The topological polar surface area (TPSA) is 6.48 Å². The summed E-state index contributed by atoms with van der Waals surface area (Å²) >= 11 is 0. The second-order valence-electron chi connectivity index (χ2n) is 9.11. The minimum absolute atomic E-state index is 1.12. The second kappa shape index (κ2) is 10.9. The van der Waals surface area contributed by atoms with E-state index in [0.29, 0.717) is 0 Å². The first-order chi connectivity index (χ1) is 18.9. The van der Waals surface area contributed by atoms with E-state index in [1.165, 1.54) is 11.1 Å². The van der Waals surface area contributed by atoms with Gasteiger partial charge in [0.15, 0.2) is 0 Å². The van der Waals surface area contributed by atoms with Crippen molar-refractivity contribution in [2.45, 2.75) is 0 Å². The number of benzene rings is 6. The molecule has 0 aliphatic carbocycles. The normalized spacial score (nSPS) is 10.6. The largest absolute Gasteiger partial charge is 0.311 e. The molecule has 0 N–H and O–H groups in total. The number of nitrogens with zero attached hydrogens (tertiary/aromatic N) is 2. The van der Waals surface area contributed by atoms with E-state index in [1.54, 1.807) is 0 Å². The lowest BCUT2D eigenvalue weighted by atomic mass is 10.0. The fraction of sp³-hybridized carbons (Fsp3) is 0. The predicted octanol–water partition coefficient (Wildman–Crippen LogP) is 10.3. The lowest BCUT2D eigenvalue weighted by Gasteiger charge is -2.26. The van der Waals surface area contributed by atoms with Crippen LogP contribution >= 0.6 is 0 Å². The van der Waals surface area contributed by atoms with Crippen LogP contribution in [0.5, 0.6) is 0 Å². The summed E-state index contributed by atoms with van der Waals surface area (Å²) in [5.74, 6) is 0. The molecule has 2 nitrogen and oxygen atoms in total. The Morgan fingerprint density at radius 1 is 0.237 bits per heavy atom. The van der Waals surface area contributed by atoms with Gasteiger partial charge >= 0.3 is 0 Å². The maximum Gasteiger partial charge on any atom is 0.0467 e. The molecule has 0 unspecified atom stereocenters. The SMILES string of the molecule is c1ccc(N(c2ccccc2)c2ccc(-c3cccc(N(c4ccccc4)c4ccccc4)c3)cc2)cc1. The van der Waals surface area contributed by atoms with Crippen molar-refractivity contribution in [3.63, 3.8) is 0 Å². The maximum atomic E-state index is 2.30. The molecule has 6 aromatic carbocycles. The van der Waals surface area contributed by atoms with Crippen LogP contribution < -0.4 is 9.80 Å². The highest BCUT2D eigenvalue weighted by Gasteiger charge is 2.14. The van der Waals surface area contributed by atoms with Crippen LogP contribution in [0.3, 0.4) is 0 Å². The Kier molecular flexibility index (Phi) is 6.69. The molecule has 0 aromatic heterocycles. The van der Waals surface area contributed by atoms with Crippen LogP contribution in [0.1, 0.15) is 0 Å². The molecule has 0 bridgehead atoms. The highest BCUT2D eigenvalue weighted by atomic mass is 15.1. The van der Waals surface area contributed by atoms with Gasteiger partial charge in [-0.1, -0.05) is 97.1 Å². The van der Waals surface area contributed by atoms with Crippen molar-refractivity contribution in [1.29, 1.82) is 0 Å². The Balaban J connectivity index is 1.37. The fourth-order valence-electron chi connectivity index (χ4n) is 4.83. The molecular weight excluding hydrogens is 460 g/mol. The molecule has 2 heteroatoms. The van der Waals surface area contributed by atoms with Gasteiger partial charge in [0.1, 0.15) is 0 Å². The first-order valence-corrected chi connectivity index (χ1v) is 12.9. The summed E-state index contributed by atoms with van der Waals surface area (Å²) in [6.45, 7) is 0. The minimum atomic E-state index is 1.12. The van der Waals surface area contributed by atoms with Gasteiger partial charge in [0, 0.05) is 34.1 Å². The zero-order valence-electron chi connectivity index (χ0n) is 21.1. The highest BCUT2D eigenvalue weighted by Crippen LogP contribution is 2.38. The van der Waals surface area contributed by atoms with E-state index >= 15 is 0 Å². The summed E-state index contributed by atoms with van der Waals surface area (Å²) in [5, 5.41) is 0. The van der Waals surface area contributed by atoms with Gasteiger partial charge in [-0.2, -0.15) is 0 Å². The first-order valence-electron chi connectivity index (χ1n) is 12.9. The number of hydrogen-bond donors (Lipinski definition) is 0. The smallest absolute Gasteiger partial charge is 0.0467 e. The highest BCUT2D eigenvalue weighted by molar-refractivity contribution is 5.81. The summed E-state index contributed by atoms with van der Waals surface area (Å²) in [6.07, 6.45) is 0. The monoisotopic (exact) mass is 488 g/mol. The molecule has 182 valence electrons. The van der Waals surface area contributed by atoms with E-state index in [4.69, 9.17) is 0 Å². The van der Waals surface area contributed by atoms with Crippen molar-refractivity contribution >= 4 is 34.1 Å². The average molecular weight is 489 g/mol. The average Bonchev–Trinajstić information content (AvgIpc) is 3.00. The predicted molar refractivity (Wildman–Crippen MR) is 161 cm³/mol. The molecule has 0 fully saturated rings. The molecule has 0 heterocycles. The molecule has 0 saturated carbocycles. The van der Waals surface area contributed by atoms with Gasteiger partial charge < -0.3 is 9.80 Å². The quantitative estimate of drug-likeness (QED) is 0.220. The molecule has 0 amide bonds. The fourth-order valence-corrected chi connectivity index (χ4v) is 4.83. The van der Waals surface area contributed by atoms with Gasteiger partial charge in [-0.25, -0.2) is 0 Å². The van der Waals surface area contributed by atoms with Crippen LogP contribution in [0.4, 0.5) is 34.1 Å². The summed E-state index contributed by atoms with van der Waals surface area (Å²) in [4.78, 5) is 4.58. The van der Waals surface area contributed by atoms with E-state index in [0.717, 1.165) is 34.1 Å². The lowest BCUT2D eigenvalue weighted by Crippen LogP contribution is -2.10. The van der Waals surface area contributed by atoms with Gasteiger partial charge in [0.25, 0.3) is 0 Å². The van der Waals surface area contributed by atoms with Crippen molar-refractivity contribution in [3.8, 4) is 11.1 Å². The van der Waals surface area contributed by atoms with Crippen LogP contribution in [0.15, 0.2) is 170 Å². The van der Waals surface area contributed by atoms with Crippen LogP contribution in [-0.2, 0) is 0 Å². The first kappa shape index (κ1) is 23.3. The molecule has 38 heavy (non-hydrogen) atoms. The molecular formula is C36H28N2. The molecule has 6 rings (SSSR count). The van der Waals surface area contributed by atoms with Crippen LogP contribution in [0.25, 0.3) is 11.1 Å². The Morgan fingerprint density at radius 3 is 1.00 bits per heavy atom. The molecule has 6 aromatic rings. The molecule has 0 spiro atoms. The Hall–Kier alpha value is -5.08. The third kappa shape index (κ3) is 4.93. The summed E-state index contributed by atoms with van der Waals surface area (Å²) < 4.78 is 0. The summed E-state index contributed by atoms with van der Waals surface area (Å²) in [5.41, 5.74) is 9.14. The van der Waals surface area contributed by atoms with E-state index < -0.39 is 0 Å². The maximum absolute atomic E-state index is 2.30. The van der Waals surface area contributed by atoms with E-state index in [2.05, 4.69) is 180 Å². The van der Waals surface area contributed by atoms with Crippen molar-refractivity contribution in [2.24, 2.45) is 0 Å². The van der Waals surface area contributed by atoms with Crippen LogP contribution in [0, 0.1) is 0 Å². The van der Waals surface area contributed by atoms with E-state index in [1.807, 2.05) is 0 Å². The second-order valence-corrected chi connectivity index (χ2v) is 9.11. The molecule has 0 radical (unpaired) electrons. The minimum Gasteiger partial charge on any atom is -0.311 e. The summed E-state index contributed by atoms with van der Waals surface area (Å²) in [6, 6.07) is 59.6. The molecule has 0 saturated heterocycles. The van der Waals surface area contributed by atoms with E-state index in [-0.39, 0.29) is 0 Å². The third-order valence-electron chi connectivity index (χ3n) is 6.62. The zero-order chi connectivity index (χ0) is 25.6. The number of anilines is 6. The molecule has 0 atom stereocenters. The van der Waals surface area contributed by atoms with E-state index in [9.17, 15) is 0 Å². The zero-order valence-corrected chi connectivity index (χ0v) is 21.1. The van der Waals surface area contributed by atoms with Crippen LogP contribution in [-0.4, -0.2) is 0 Å². The van der Waals surface area contributed by atoms with Gasteiger partial charge in [-0.15, -0.1) is 0 Å². The standard InChI is InChI=1S/C36H28N2/c1-5-15-31(16-6-1)37(32-17-7-2-8-18-32)35-26-24-29(25-27-35)30-14-13-23-36(28-30)38(33-19-9-3-10-20-33)34-21-11-4-12-22-34/h1-28H. The number of rotatable bonds is 7. The molecule has 0 aliphatic rings. The Morgan fingerprint density at radius 2 is 0.579 bits per heavy atom. The number of hydrogen-bond acceptors (Lipinski definition) is 2. The van der Waals surface area contributed by atoms with Crippen molar-refractivity contribution < 1.29 is 0 Å². The van der Waals surface area contributed by atoms with Crippen molar-refractivity contribution in [2.75, 3.05) is 9.80 Å². The Labute approximate surface area is 224 Å². The molecule has 0 aliphatic heterocycles.